The number of fused-ring (bicyclic) bond motifs is 1. The van der Waals surface area contributed by atoms with Gasteiger partial charge in [-0.3, -0.25) is 14.5 Å². The first-order valence-electron chi connectivity index (χ1n) is 10.5. The molecule has 0 unspecified atom stereocenters. The van der Waals surface area contributed by atoms with Crippen LogP contribution < -0.4 is 15.0 Å². The molecule has 0 fully saturated rings. The zero-order chi connectivity index (χ0) is 21.8. The predicted molar refractivity (Wildman–Crippen MR) is 121 cm³/mol. The summed E-state index contributed by atoms with van der Waals surface area (Å²) in [6.07, 6.45) is -0.0389. The maximum Gasteiger partial charge on any atom is 0.268 e. The molecule has 4 rings (SSSR count). The van der Waals surface area contributed by atoms with E-state index in [1.54, 1.807) is 4.90 Å². The SMILES string of the molecule is CC[C@H]1Oc2ccc(C)cc2N(CC(=O)NC(c2ccccc2)c2ccccc2)C1=O. The van der Waals surface area contributed by atoms with Crippen LogP contribution >= 0.6 is 0 Å². The van der Waals surface area contributed by atoms with Crippen LogP contribution in [0.2, 0.25) is 0 Å². The molecule has 2 amide bonds. The highest BCUT2D eigenvalue weighted by molar-refractivity contribution is 6.04. The fourth-order valence-corrected chi connectivity index (χ4v) is 3.86. The third-order valence-electron chi connectivity index (χ3n) is 5.46. The average molecular weight is 415 g/mol. The Morgan fingerprint density at radius 3 is 2.19 bits per heavy atom. The Bertz CT molecular complexity index is 1030. The lowest BCUT2D eigenvalue weighted by Crippen LogP contribution is -2.50. The highest BCUT2D eigenvalue weighted by atomic mass is 16.5. The second kappa shape index (κ2) is 9.04. The first-order valence-corrected chi connectivity index (χ1v) is 10.5. The van der Waals surface area contributed by atoms with E-state index in [1.165, 1.54) is 0 Å². The lowest BCUT2D eigenvalue weighted by molar-refractivity contribution is -0.129. The molecular weight excluding hydrogens is 388 g/mol. The van der Waals surface area contributed by atoms with E-state index < -0.39 is 6.10 Å². The number of carbonyl (C=O) groups excluding carboxylic acids is 2. The van der Waals surface area contributed by atoms with Crippen molar-refractivity contribution in [2.24, 2.45) is 0 Å². The van der Waals surface area contributed by atoms with Gasteiger partial charge in [-0.25, -0.2) is 0 Å². The molecular formula is C26H26N2O3. The van der Waals surface area contributed by atoms with Gasteiger partial charge in [-0.15, -0.1) is 0 Å². The molecule has 1 atom stereocenters. The van der Waals surface area contributed by atoms with E-state index in [0.29, 0.717) is 17.9 Å². The van der Waals surface area contributed by atoms with E-state index in [9.17, 15) is 9.59 Å². The Morgan fingerprint density at radius 1 is 1.00 bits per heavy atom. The summed E-state index contributed by atoms with van der Waals surface area (Å²) in [5, 5.41) is 3.12. The topological polar surface area (TPSA) is 58.6 Å². The van der Waals surface area contributed by atoms with Crippen molar-refractivity contribution in [3.8, 4) is 5.75 Å². The highest BCUT2D eigenvalue weighted by Gasteiger charge is 2.34. The van der Waals surface area contributed by atoms with Gasteiger partial charge in [0.25, 0.3) is 5.91 Å². The molecule has 3 aromatic rings. The molecule has 5 nitrogen and oxygen atoms in total. The summed E-state index contributed by atoms with van der Waals surface area (Å²) in [7, 11) is 0. The summed E-state index contributed by atoms with van der Waals surface area (Å²) in [5.74, 6) is 0.217. The zero-order valence-corrected chi connectivity index (χ0v) is 17.7. The van der Waals surface area contributed by atoms with Gasteiger partial charge in [-0.05, 0) is 42.2 Å². The van der Waals surface area contributed by atoms with Gasteiger partial charge in [0, 0.05) is 0 Å². The van der Waals surface area contributed by atoms with Gasteiger partial charge < -0.3 is 10.1 Å². The smallest absolute Gasteiger partial charge is 0.268 e. The normalized spacial score (nSPS) is 15.4. The van der Waals surface area contributed by atoms with Crippen LogP contribution in [-0.2, 0) is 9.59 Å². The van der Waals surface area contributed by atoms with E-state index in [4.69, 9.17) is 4.74 Å². The Kier molecular flexibility index (Phi) is 6.03. The van der Waals surface area contributed by atoms with E-state index in [0.717, 1.165) is 16.7 Å². The second-order valence-corrected chi connectivity index (χ2v) is 7.73. The number of nitrogens with one attached hydrogen (secondary N) is 1. The second-order valence-electron chi connectivity index (χ2n) is 7.73. The molecule has 1 N–H and O–H groups in total. The van der Waals surface area contributed by atoms with Crippen LogP contribution in [0.5, 0.6) is 5.75 Å². The van der Waals surface area contributed by atoms with Gasteiger partial charge in [0.2, 0.25) is 5.91 Å². The largest absolute Gasteiger partial charge is 0.478 e. The number of amides is 2. The molecule has 158 valence electrons. The van der Waals surface area contributed by atoms with Gasteiger partial charge in [0.05, 0.1) is 11.7 Å². The molecule has 31 heavy (non-hydrogen) atoms. The molecule has 0 saturated heterocycles. The molecule has 3 aromatic carbocycles. The quantitative estimate of drug-likeness (QED) is 0.650. The number of carbonyl (C=O) groups is 2. The van der Waals surface area contributed by atoms with Crippen LogP contribution in [0.4, 0.5) is 5.69 Å². The monoisotopic (exact) mass is 414 g/mol. The molecule has 1 aliphatic rings. The van der Waals surface area contributed by atoms with E-state index in [-0.39, 0.29) is 24.4 Å². The summed E-state index contributed by atoms with van der Waals surface area (Å²) < 4.78 is 5.86. The number of aryl methyl sites for hydroxylation is 1. The number of nitrogens with zero attached hydrogens (tertiary/aromatic N) is 1. The van der Waals surface area contributed by atoms with Gasteiger partial charge in [0.1, 0.15) is 12.3 Å². The Balaban J connectivity index is 1.61. The molecule has 0 bridgehead atoms. The number of rotatable bonds is 6. The van der Waals surface area contributed by atoms with Gasteiger partial charge in [0.15, 0.2) is 6.10 Å². The molecule has 0 spiro atoms. The zero-order valence-electron chi connectivity index (χ0n) is 17.7. The van der Waals surface area contributed by atoms with Gasteiger partial charge in [-0.2, -0.15) is 0 Å². The van der Waals surface area contributed by atoms with Crippen molar-refractivity contribution in [2.75, 3.05) is 11.4 Å². The van der Waals surface area contributed by atoms with Crippen molar-refractivity contribution >= 4 is 17.5 Å². The van der Waals surface area contributed by atoms with Crippen LogP contribution in [0.3, 0.4) is 0 Å². The summed E-state index contributed by atoms with van der Waals surface area (Å²) in [6, 6.07) is 25.1. The lowest BCUT2D eigenvalue weighted by Gasteiger charge is -2.34. The summed E-state index contributed by atoms with van der Waals surface area (Å²) in [5.41, 5.74) is 3.61. The third kappa shape index (κ3) is 4.45. The van der Waals surface area contributed by atoms with E-state index >= 15 is 0 Å². The van der Waals surface area contributed by atoms with Crippen molar-refractivity contribution in [3.05, 3.63) is 95.6 Å². The fourth-order valence-electron chi connectivity index (χ4n) is 3.86. The highest BCUT2D eigenvalue weighted by Crippen LogP contribution is 2.35. The van der Waals surface area contributed by atoms with Crippen molar-refractivity contribution in [1.29, 1.82) is 0 Å². The van der Waals surface area contributed by atoms with Crippen molar-refractivity contribution in [2.45, 2.75) is 32.4 Å². The minimum atomic E-state index is -0.581. The van der Waals surface area contributed by atoms with E-state index in [1.807, 2.05) is 92.7 Å². The summed E-state index contributed by atoms with van der Waals surface area (Å²) >= 11 is 0. The summed E-state index contributed by atoms with van der Waals surface area (Å²) in [6.45, 7) is 3.79. The molecule has 5 heteroatoms. The number of ether oxygens (including phenoxy) is 1. The molecule has 0 aromatic heterocycles. The first kappa shape index (κ1) is 20.7. The number of benzene rings is 3. The number of hydrogen-bond donors (Lipinski definition) is 1. The van der Waals surface area contributed by atoms with Crippen LogP contribution in [-0.4, -0.2) is 24.5 Å². The number of hydrogen-bond acceptors (Lipinski definition) is 3. The molecule has 1 aliphatic heterocycles. The molecule has 1 heterocycles. The molecule has 0 aliphatic carbocycles. The number of anilines is 1. The maximum atomic E-state index is 13.2. The Hall–Kier alpha value is -3.60. The van der Waals surface area contributed by atoms with Crippen LogP contribution in [0.25, 0.3) is 0 Å². The molecule has 0 saturated carbocycles. The molecule has 0 radical (unpaired) electrons. The van der Waals surface area contributed by atoms with Gasteiger partial charge >= 0.3 is 0 Å². The van der Waals surface area contributed by atoms with Crippen LogP contribution in [0.1, 0.15) is 36.1 Å². The predicted octanol–water partition coefficient (Wildman–Crippen LogP) is 4.40. The van der Waals surface area contributed by atoms with Crippen LogP contribution in [0, 0.1) is 6.92 Å². The maximum absolute atomic E-state index is 13.2. The van der Waals surface area contributed by atoms with Crippen LogP contribution in [0.15, 0.2) is 78.9 Å². The van der Waals surface area contributed by atoms with Gasteiger partial charge in [-0.1, -0.05) is 73.7 Å². The summed E-state index contributed by atoms with van der Waals surface area (Å²) in [4.78, 5) is 27.7. The van der Waals surface area contributed by atoms with E-state index in [2.05, 4.69) is 5.32 Å². The average Bonchev–Trinajstić information content (AvgIpc) is 2.80. The Labute approximate surface area is 182 Å². The third-order valence-corrected chi connectivity index (χ3v) is 5.46. The Morgan fingerprint density at radius 2 is 1.61 bits per heavy atom. The van der Waals surface area contributed by atoms with Crippen molar-refractivity contribution < 1.29 is 14.3 Å². The minimum Gasteiger partial charge on any atom is -0.478 e. The van der Waals surface area contributed by atoms with Crippen molar-refractivity contribution in [1.82, 2.24) is 5.32 Å². The minimum absolute atomic E-state index is 0.0642. The lowest BCUT2D eigenvalue weighted by atomic mass is 9.98. The standard InChI is InChI=1S/C26H26N2O3/c1-3-22-26(30)28(21-16-18(2)14-15-23(21)31-22)17-24(29)27-25(19-10-6-4-7-11-19)20-12-8-5-9-13-20/h4-16,22,25H,3,17H2,1-2H3,(H,27,29)/t22-/m1/s1. The first-order chi connectivity index (χ1) is 15.1. The fraction of sp³-hybridized carbons (Fsp3) is 0.231. The van der Waals surface area contributed by atoms with Crippen molar-refractivity contribution in [3.63, 3.8) is 0 Å².